The van der Waals surface area contributed by atoms with E-state index < -0.39 is 47.2 Å². The van der Waals surface area contributed by atoms with Gasteiger partial charge in [-0.25, -0.2) is 5.43 Å². The fourth-order valence-electron chi connectivity index (χ4n) is 4.81. The van der Waals surface area contributed by atoms with E-state index >= 15 is 0 Å². The largest absolute Gasteiger partial charge is 0.480 e. The minimum atomic E-state index is -1.10. The summed E-state index contributed by atoms with van der Waals surface area (Å²) in [5, 5.41) is 17.1. The molecule has 0 spiro atoms. The lowest BCUT2D eigenvalue weighted by Gasteiger charge is -2.34. The van der Waals surface area contributed by atoms with Gasteiger partial charge in [-0.3, -0.25) is 29.2 Å². The van der Waals surface area contributed by atoms with Gasteiger partial charge in [0.1, 0.15) is 18.1 Å². The first-order valence-corrected chi connectivity index (χ1v) is 14.4. The molecule has 4 atom stereocenters. The minimum absolute atomic E-state index is 0.0772. The molecule has 42 heavy (non-hydrogen) atoms. The molecular formula is C31H43N5O6. The minimum Gasteiger partial charge on any atom is -0.480 e. The summed E-state index contributed by atoms with van der Waals surface area (Å²) in [6, 6.07) is 7.24. The first-order chi connectivity index (χ1) is 19.9. The number of benzene rings is 1. The maximum Gasteiger partial charge on any atom is 0.322 e. The normalized spacial score (nSPS) is 18.5. The number of amides is 3. The highest BCUT2D eigenvalue weighted by Crippen LogP contribution is 2.24. The van der Waals surface area contributed by atoms with Gasteiger partial charge in [0.25, 0.3) is 5.91 Å². The van der Waals surface area contributed by atoms with Crippen LogP contribution in [0, 0.1) is 11.3 Å². The van der Waals surface area contributed by atoms with Crippen molar-refractivity contribution in [3.8, 4) is 0 Å². The highest BCUT2D eigenvalue weighted by atomic mass is 16.5. The van der Waals surface area contributed by atoms with Gasteiger partial charge < -0.3 is 20.5 Å². The van der Waals surface area contributed by atoms with Crippen molar-refractivity contribution >= 4 is 40.7 Å². The molecule has 3 unspecified atom stereocenters. The van der Waals surface area contributed by atoms with Crippen molar-refractivity contribution in [3.63, 3.8) is 0 Å². The van der Waals surface area contributed by atoms with Gasteiger partial charge in [0.05, 0.1) is 17.5 Å². The van der Waals surface area contributed by atoms with E-state index in [1.807, 2.05) is 36.4 Å². The second kappa shape index (κ2) is 14.4. The van der Waals surface area contributed by atoms with E-state index in [0.29, 0.717) is 19.4 Å². The van der Waals surface area contributed by atoms with Crippen LogP contribution in [0.4, 0.5) is 0 Å². The highest BCUT2D eigenvalue weighted by molar-refractivity contribution is 5.94. The number of rotatable bonds is 12. The van der Waals surface area contributed by atoms with Crippen LogP contribution in [-0.2, 0) is 30.3 Å². The van der Waals surface area contributed by atoms with Crippen molar-refractivity contribution in [1.29, 1.82) is 0 Å². The number of nitrogens with zero attached hydrogens (tertiary/aromatic N) is 2. The van der Waals surface area contributed by atoms with Crippen molar-refractivity contribution in [3.05, 3.63) is 47.7 Å². The van der Waals surface area contributed by atoms with Crippen LogP contribution in [-0.4, -0.2) is 77.2 Å². The lowest BCUT2D eigenvalue weighted by molar-refractivity contribution is -0.148. The van der Waals surface area contributed by atoms with Crippen LogP contribution in [0.2, 0.25) is 0 Å². The standard InChI is InChI=1S/C31H43N5O6/c1-7-23-13-12-22-11-10-21(17-25(22)33-23)14-15-31(5,18-42-6)30(41)34-26(19(2)3)27(37)32-20(4)28(38)36-16-8-9-24(35-36)29(39)40/h10-15,17,19-20,24,26,35H,7-9,16,18H2,1-6H3,(H,32,37)(H,34,41)(H,39,40)/b15-14+/t20?,24?,26?,31-/m1/s1. The van der Waals surface area contributed by atoms with Crippen LogP contribution >= 0.6 is 0 Å². The average Bonchev–Trinajstić information content (AvgIpc) is 2.97. The van der Waals surface area contributed by atoms with Crippen LogP contribution in [0.5, 0.6) is 0 Å². The van der Waals surface area contributed by atoms with Gasteiger partial charge in [0.15, 0.2) is 0 Å². The van der Waals surface area contributed by atoms with Gasteiger partial charge in [0, 0.05) is 24.7 Å². The Morgan fingerprint density at radius 3 is 2.55 bits per heavy atom. The number of fused-ring (bicyclic) bond motifs is 1. The summed E-state index contributed by atoms with van der Waals surface area (Å²) >= 11 is 0. The molecule has 1 aromatic heterocycles. The Morgan fingerprint density at radius 1 is 1.19 bits per heavy atom. The molecule has 2 heterocycles. The van der Waals surface area contributed by atoms with Crippen molar-refractivity contribution in [2.24, 2.45) is 11.3 Å². The quantitative estimate of drug-likeness (QED) is 0.299. The number of methoxy groups -OCH3 is 1. The second-order valence-electron chi connectivity index (χ2n) is 11.4. The number of aryl methyl sites for hydroxylation is 1. The summed E-state index contributed by atoms with van der Waals surface area (Å²) < 4.78 is 5.38. The molecular weight excluding hydrogens is 538 g/mol. The van der Waals surface area contributed by atoms with Crippen LogP contribution in [0.15, 0.2) is 36.4 Å². The molecule has 3 amide bonds. The van der Waals surface area contributed by atoms with Crippen molar-refractivity contribution in [2.75, 3.05) is 20.3 Å². The van der Waals surface area contributed by atoms with Gasteiger partial charge in [-0.1, -0.05) is 51.1 Å². The number of ether oxygens (including phenoxy) is 1. The van der Waals surface area contributed by atoms with E-state index in [-0.39, 0.29) is 12.5 Å². The molecule has 1 aliphatic heterocycles. The molecule has 0 aliphatic carbocycles. The van der Waals surface area contributed by atoms with Crippen molar-refractivity contribution < 1.29 is 29.0 Å². The Labute approximate surface area is 247 Å². The molecule has 0 bridgehead atoms. The molecule has 1 aromatic carbocycles. The zero-order chi connectivity index (χ0) is 31.0. The summed E-state index contributed by atoms with van der Waals surface area (Å²) in [6.07, 6.45) is 5.38. The van der Waals surface area contributed by atoms with Gasteiger partial charge in [-0.15, -0.1) is 0 Å². The predicted octanol–water partition coefficient (Wildman–Crippen LogP) is 2.69. The first-order valence-electron chi connectivity index (χ1n) is 14.4. The number of hydrazine groups is 1. The third-order valence-corrected chi connectivity index (χ3v) is 7.46. The number of aliphatic carboxylic acids is 1. The SMILES string of the molecule is CCc1ccc2ccc(/C=C/[C@](C)(COC)C(=O)NC(C(=O)NC(C)C(=O)N3CCCC(C(=O)O)N3)C(C)C)cc2n1. The fourth-order valence-corrected chi connectivity index (χ4v) is 4.81. The average molecular weight is 582 g/mol. The summed E-state index contributed by atoms with van der Waals surface area (Å²) in [6.45, 7) is 9.34. The topological polar surface area (TPSA) is 150 Å². The van der Waals surface area contributed by atoms with Gasteiger partial charge in [0.2, 0.25) is 11.8 Å². The van der Waals surface area contributed by atoms with E-state index in [2.05, 4.69) is 28.0 Å². The smallest absolute Gasteiger partial charge is 0.322 e. The Bertz CT molecular complexity index is 1330. The molecule has 11 nitrogen and oxygen atoms in total. The van der Waals surface area contributed by atoms with E-state index in [1.54, 1.807) is 26.8 Å². The number of carbonyl (C=O) groups excluding carboxylic acids is 3. The molecule has 2 aromatic rings. The molecule has 4 N–H and O–H groups in total. The number of carboxylic acids is 1. The number of carboxylic acid groups (broad SMARTS) is 1. The predicted molar refractivity (Wildman–Crippen MR) is 160 cm³/mol. The number of aromatic nitrogens is 1. The number of carbonyl (C=O) groups is 4. The van der Waals surface area contributed by atoms with E-state index in [1.165, 1.54) is 19.0 Å². The lowest BCUT2D eigenvalue weighted by atomic mass is 9.88. The number of hydrogen-bond donors (Lipinski definition) is 4. The second-order valence-corrected chi connectivity index (χ2v) is 11.4. The van der Waals surface area contributed by atoms with Gasteiger partial charge in [-0.2, -0.15) is 0 Å². The van der Waals surface area contributed by atoms with Gasteiger partial charge in [-0.05, 0) is 56.7 Å². The molecule has 0 saturated carbocycles. The molecule has 0 radical (unpaired) electrons. The van der Waals surface area contributed by atoms with Crippen LogP contribution in [0.3, 0.4) is 0 Å². The first kappa shape index (κ1) is 32.7. The van der Waals surface area contributed by atoms with Crippen molar-refractivity contribution in [1.82, 2.24) is 26.1 Å². The Hall–Kier alpha value is -3.83. The number of nitrogens with one attached hydrogen (secondary N) is 3. The van der Waals surface area contributed by atoms with E-state index in [4.69, 9.17) is 4.74 Å². The molecule has 3 rings (SSSR count). The Balaban J connectivity index is 1.72. The Kier molecular flexibility index (Phi) is 11.2. The van der Waals surface area contributed by atoms with Crippen molar-refractivity contribution in [2.45, 2.75) is 72.0 Å². The highest BCUT2D eigenvalue weighted by Gasteiger charge is 2.36. The zero-order valence-corrected chi connectivity index (χ0v) is 25.3. The van der Waals surface area contributed by atoms with Crippen LogP contribution in [0.25, 0.3) is 17.0 Å². The summed E-state index contributed by atoms with van der Waals surface area (Å²) in [5.41, 5.74) is 4.35. The van der Waals surface area contributed by atoms with E-state index in [9.17, 15) is 24.3 Å². The van der Waals surface area contributed by atoms with E-state index in [0.717, 1.165) is 28.6 Å². The molecule has 228 valence electrons. The van der Waals surface area contributed by atoms with Gasteiger partial charge >= 0.3 is 5.97 Å². The fraction of sp³-hybridized carbons (Fsp3) is 0.516. The summed E-state index contributed by atoms with van der Waals surface area (Å²) in [7, 11) is 1.51. The lowest BCUT2D eigenvalue weighted by Crippen LogP contribution is -2.61. The molecule has 1 saturated heterocycles. The number of pyridine rings is 1. The third kappa shape index (κ3) is 8.13. The monoisotopic (exact) mass is 581 g/mol. The number of hydrogen-bond acceptors (Lipinski definition) is 7. The summed E-state index contributed by atoms with van der Waals surface area (Å²) in [5.74, 6) is -2.69. The zero-order valence-electron chi connectivity index (χ0n) is 25.3. The Morgan fingerprint density at radius 2 is 1.90 bits per heavy atom. The molecule has 1 fully saturated rings. The summed E-state index contributed by atoms with van der Waals surface area (Å²) in [4.78, 5) is 55.8. The molecule has 11 heteroatoms. The maximum absolute atomic E-state index is 13.6. The van der Waals surface area contributed by atoms with Crippen LogP contribution < -0.4 is 16.1 Å². The van der Waals surface area contributed by atoms with Crippen LogP contribution in [0.1, 0.15) is 58.7 Å². The molecule has 1 aliphatic rings. The third-order valence-electron chi connectivity index (χ3n) is 7.46. The maximum atomic E-state index is 13.6.